The average Bonchev–Trinajstić information content (AvgIpc) is 2.67. The molecule has 0 spiro atoms. The first-order valence-electron chi connectivity index (χ1n) is 9.42. The summed E-state index contributed by atoms with van der Waals surface area (Å²) in [5.41, 5.74) is 0. The highest BCUT2D eigenvalue weighted by atomic mass is 31.2. The second-order valence-electron chi connectivity index (χ2n) is 6.61. The Morgan fingerprint density at radius 1 is 1.00 bits per heavy atom. The summed E-state index contributed by atoms with van der Waals surface area (Å²) in [4.78, 5) is 12.7. The van der Waals surface area contributed by atoms with Gasteiger partial charge in [-0.05, 0) is 42.6 Å². The predicted octanol–water partition coefficient (Wildman–Crippen LogP) is 5.14. The lowest BCUT2D eigenvalue weighted by atomic mass is 10.2. The van der Waals surface area contributed by atoms with Crippen LogP contribution in [0.3, 0.4) is 0 Å². The highest BCUT2D eigenvalue weighted by molar-refractivity contribution is 7.92. The quantitative estimate of drug-likeness (QED) is 0.378. The van der Waals surface area contributed by atoms with E-state index in [0.717, 1.165) is 10.6 Å². The first kappa shape index (κ1) is 21.0. The normalized spacial score (nSPS) is 12.4. The molecule has 0 bridgehead atoms. The molecule has 27 heavy (non-hydrogen) atoms. The van der Waals surface area contributed by atoms with Crippen molar-refractivity contribution in [2.45, 2.75) is 27.7 Å². The van der Waals surface area contributed by atoms with E-state index < -0.39 is 6.89 Å². The van der Waals surface area contributed by atoms with Crippen molar-refractivity contribution in [3.63, 3.8) is 0 Å². The average molecular weight is 380 g/mol. The van der Waals surface area contributed by atoms with E-state index in [9.17, 15) is 4.79 Å². The number of allylic oxidation sites excluding steroid dienone is 4. The second kappa shape index (κ2) is 10.1. The molecule has 2 aromatic rings. The lowest BCUT2D eigenvalue weighted by molar-refractivity contribution is -0.134. The third-order valence-electron chi connectivity index (χ3n) is 4.16. The molecule has 3 heteroatoms. The van der Waals surface area contributed by atoms with E-state index in [1.54, 1.807) is 0 Å². The zero-order valence-electron chi connectivity index (χ0n) is 16.6. The van der Waals surface area contributed by atoms with Crippen molar-refractivity contribution in [3.8, 4) is 0 Å². The van der Waals surface area contributed by atoms with Gasteiger partial charge in [0.05, 0.1) is 6.61 Å². The van der Waals surface area contributed by atoms with E-state index in [1.165, 1.54) is 5.31 Å². The highest BCUT2D eigenvalue weighted by Gasteiger charge is 2.27. The summed E-state index contributed by atoms with van der Waals surface area (Å²) in [5.74, 6) is 1.92. The smallest absolute Gasteiger partial charge is 0.331 e. The topological polar surface area (TPSA) is 26.3 Å². The number of rotatable bonds is 7. The molecule has 0 unspecified atom stereocenters. The minimum atomic E-state index is -2.29. The van der Waals surface area contributed by atoms with E-state index in [4.69, 9.17) is 4.74 Å². The molecule has 142 valence electrons. The fourth-order valence-corrected chi connectivity index (χ4v) is 7.07. The zero-order chi connectivity index (χ0) is 19.7. The number of carbonyl (C=O) groups excluding carboxylic acids is 1. The minimum absolute atomic E-state index is 0.266. The molecule has 0 aliphatic carbocycles. The lowest BCUT2D eigenvalue weighted by Crippen LogP contribution is -2.22. The van der Waals surface area contributed by atoms with E-state index in [-0.39, 0.29) is 5.97 Å². The fourth-order valence-electron chi connectivity index (χ4n) is 3.14. The monoisotopic (exact) mass is 380 g/mol. The molecule has 0 amide bonds. The van der Waals surface area contributed by atoms with E-state index in [1.807, 2.05) is 62.1 Å². The van der Waals surface area contributed by atoms with Crippen LogP contribution in [0.25, 0.3) is 0 Å². The van der Waals surface area contributed by atoms with Crippen molar-refractivity contribution < 1.29 is 9.53 Å². The van der Waals surface area contributed by atoms with Crippen LogP contribution in [0.2, 0.25) is 0 Å². The van der Waals surface area contributed by atoms with Gasteiger partial charge >= 0.3 is 5.97 Å². The number of esters is 1. The Bertz CT molecular complexity index is 803. The summed E-state index contributed by atoms with van der Waals surface area (Å²) >= 11 is 0. The summed E-state index contributed by atoms with van der Waals surface area (Å²) in [6.07, 6.45) is 6.46. The van der Waals surface area contributed by atoms with Gasteiger partial charge in [0.1, 0.15) is 0 Å². The van der Waals surface area contributed by atoms with Crippen molar-refractivity contribution in [2.75, 3.05) is 6.61 Å². The van der Waals surface area contributed by atoms with Crippen LogP contribution in [0.1, 0.15) is 27.7 Å². The Morgan fingerprint density at radius 3 is 1.93 bits per heavy atom. The molecule has 0 saturated heterocycles. The van der Waals surface area contributed by atoms with Crippen LogP contribution in [-0.4, -0.2) is 18.4 Å². The maximum Gasteiger partial charge on any atom is 0.331 e. The maximum absolute atomic E-state index is 12.7. The summed E-state index contributed by atoms with van der Waals surface area (Å²) in [6, 6.07) is 20.6. The van der Waals surface area contributed by atoms with E-state index >= 15 is 0 Å². The van der Waals surface area contributed by atoms with Crippen molar-refractivity contribution >= 4 is 29.3 Å². The molecule has 0 aliphatic heterocycles. The minimum Gasteiger partial charge on any atom is -0.463 e. The highest BCUT2D eigenvalue weighted by Crippen LogP contribution is 2.53. The third kappa shape index (κ3) is 5.11. The predicted molar refractivity (Wildman–Crippen MR) is 120 cm³/mol. The molecular formula is C24H29O2P. The Morgan fingerprint density at radius 2 is 1.52 bits per heavy atom. The summed E-state index contributed by atoms with van der Waals surface area (Å²) in [7, 11) is 0. The standard InChI is InChI=1S/C24H29O2P/c1-5-13-23(18-20(3)4)27(19-24(25)26-6-2,21-14-9-7-10-15-21)22-16-11-8-12-17-22/h5,7-20H,6H2,1-4H3/b13-5-,23-18+. The largest absolute Gasteiger partial charge is 0.463 e. The van der Waals surface area contributed by atoms with Gasteiger partial charge in [0.15, 0.2) is 0 Å². The SMILES string of the molecule is C/C=C\C(=C/C(C)C)P(=CC(=O)OCC)(c1ccccc1)c1ccccc1. The van der Waals surface area contributed by atoms with E-state index in [2.05, 4.69) is 50.3 Å². The molecule has 0 N–H and O–H groups in total. The number of benzene rings is 2. The first-order valence-corrected chi connectivity index (χ1v) is 11.3. The lowest BCUT2D eigenvalue weighted by Gasteiger charge is -2.29. The van der Waals surface area contributed by atoms with Gasteiger partial charge in [0.2, 0.25) is 0 Å². The maximum atomic E-state index is 12.7. The third-order valence-corrected chi connectivity index (χ3v) is 8.10. The molecule has 0 saturated carbocycles. The van der Waals surface area contributed by atoms with Gasteiger partial charge in [-0.25, -0.2) is 4.79 Å². The number of ether oxygens (including phenoxy) is 1. The fraction of sp³-hybridized carbons (Fsp3) is 0.250. The molecule has 0 radical (unpaired) electrons. The van der Waals surface area contributed by atoms with Crippen LogP contribution in [-0.2, 0) is 9.53 Å². The molecule has 0 aromatic heterocycles. The Kier molecular flexibility index (Phi) is 7.88. The molecule has 0 heterocycles. The molecular weight excluding hydrogens is 351 g/mol. The number of hydrogen-bond acceptors (Lipinski definition) is 2. The number of carbonyl (C=O) groups is 1. The Balaban J connectivity index is 2.96. The van der Waals surface area contributed by atoms with Crippen LogP contribution in [0.15, 0.2) is 84.2 Å². The first-order chi connectivity index (χ1) is 13.0. The van der Waals surface area contributed by atoms with Crippen molar-refractivity contribution in [2.24, 2.45) is 5.92 Å². The summed E-state index contributed by atoms with van der Waals surface area (Å²) in [6.45, 7) is 6.26. The van der Waals surface area contributed by atoms with Gasteiger partial charge in [0.25, 0.3) is 0 Å². The van der Waals surface area contributed by atoms with Gasteiger partial charge in [-0.15, -0.1) is 0 Å². The second-order valence-corrected chi connectivity index (χ2v) is 9.86. The summed E-state index contributed by atoms with van der Waals surface area (Å²) in [5, 5.41) is 3.47. The zero-order valence-corrected chi connectivity index (χ0v) is 17.5. The van der Waals surface area contributed by atoms with Gasteiger partial charge in [-0.3, -0.25) is 0 Å². The van der Waals surface area contributed by atoms with Crippen molar-refractivity contribution in [1.29, 1.82) is 0 Å². The van der Waals surface area contributed by atoms with Crippen molar-refractivity contribution in [3.05, 3.63) is 84.2 Å². The van der Waals surface area contributed by atoms with Gasteiger partial charge in [-0.1, -0.05) is 92.7 Å². The molecule has 0 aliphatic rings. The van der Waals surface area contributed by atoms with Crippen LogP contribution in [0.4, 0.5) is 0 Å². The molecule has 0 fully saturated rings. The van der Waals surface area contributed by atoms with Gasteiger partial charge < -0.3 is 4.74 Å². The van der Waals surface area contributed by atoms with Gasteiger partial charge in [-0.2, -0.15) is 0 Å². The van der Waals surface area contributed by atoms with Crippen molar-refractivity contribution in [1.82, 2.24) is 0 Å². The van der Waals surface area contributed by atoms with Crippen LogP contribution in [0, 0.1) is 5.92 Å². The Labute approximate surface area is 163 Å². The summed E-state index contributed by atoms with van der Waals surface area (Å²) < 4.78 is 5.36. The van der Waals surface area contributed by atoms with Crippen LogP contribution in [0.5, 0.6) is 0 Å². The van der Waals surface area contributed by atoms with Crippen LogP contribution >= 0.6 is 6.89 Å². The molecule has 2 nitrogen and oxygen atoms in total. The van der Waals surface area contributed by atoms with Crippen LogP contribution < -0.4 is 10.6 Å². The molecule has 0 atom stereocenters. The number of hydrogen-bond donors (Lipinski definition) is 0. The van der Waals surface area contributed by atoms with Gasteiger partial charge in [0, 0.05) is 5.80 Å². The molecule has 2 rings (SSSR count). The molecule has 2 aromatic carbocycles. The van der Waals surface area contributed by atoms with E-state index in [0.29, 0.717) is 12.5 Å². The Hall–Kier alpha value is -2.31.